The normalized spacial score (nSPS) is 20.4. The molecule has 1 aliphatic rings. The molecule has 0 heterocycles. The summed E-state index contributed by atoms with van der Waals surface area (Å²) in [6.07, 6.45) is 11.0. The molecule has 1 nitrogen and oxygen atoms in total. The largest absolute Gasteiger partial charge is 0.508 e. The molecule has 15 heavy (non-hydrogen) atoms. The Labute approximate surface area is 91.4 Å². The SMILES string of the molecule is Oc1ccc(CC[C@H]2C=CCCC2)cc1. The lowest BCUT2D eigenvalue weighted by Crippen LogP contribution is -2.02. The molecular weight excluding hydrogens is 184 g/mol. The standard InChI is InChI=1S/C14H18O/c15-14-10-8-13(9-11-14)7-6-12-4-2-1-3-5-12/h2,4,8-12,15H,1,3,5-7H2/t12-/m0/s1. The molecule has 0 amide bonds. The van der Waals surface area contributed by atoms with E-state index in [-0.39, 0.29) is 0 Å². The van der Waals surface area contributed by atoms with Gasteiger partial charge in [-0.25, -0.2) is 0 Å². The molecule has 2 rings (SSSR count). The van der Waals surface area contributed by atoms with Crippen molar-refractivity contribution < 1.29 is 5.11 Å². The maximum Gasteiger partial charge on any atom is 0.115 e. The molecule has 1 atom stereocenters. The number of aromatic hydroxyl groups is 1. The number of benzene rings is 1. The van der Waals surface area contributed by atoms with Gasteiger partial charge in [-0.05, 0) is 55.7 Å². The van der Waals surface area contributed by atoms with Crippen LogP contribution in [-0.2, 0) is 6.42 Å². The van der Waals surface area contributed by atoms with Crippen molar-refractivity contribution in [2.24, 2.45) is 5.92 Å². The fraction of sp³-hybridized carbons (Fsp3) is 0.429. The van der Waals surface area contributed by atoms with Crippen LogP contribution in [0.2, 0.25) is 0 Å². The first-order valence-corrected chi connectivity index (χ1v) is 5.79. The monoisotopic (exact) mass is 202 g/mol. The lowest BCUT2D eigenvalue weighted by molar-refractivity contribution is 0.474. The summed E-state index contributed by atoms with van der Waals surface area (Å²) in [7, 11) is 0. The highest BCUT2D eigenvalue weighted by Gasteiger charge is 2.07. The van der Waals surface area contributed by atoms with Crippen LogP contribution in [-0.4, -0.2) is 5.11 Å². The van der Waals surface area contributed by atoms with Crippen LogP contribution in [0.3, 0.4) is 0 Å². The molecular formula is C14H18O. The summed E-state index contributed by atoms with van der Waals surface area (Å²) in [6, 6.07) is 7.57. The summed E-state index contributed by atoms with van der Waals surface area (Å²) in [5.41, 5.74) is 1.33. The van der Waals surface area contributed by atoms with E-state index in [9.17, 15) is 0 Å². The molecule has 0 fully saturated rings. The van der Waals surface area contributed by atoms with E-state index >= 15 is 0 Å². The van der Waals surface area contributed by atoms with Gasteiger partial charge in [0.25, 0.3) is 0 Å². The Morgan fingerprint density at radius 2 is 2.00 bits per heavy atom. The van der Waals surface area contributed by atoms with Crippen LogP contribution < -0.4 is 0 Å². The molecule has 0 radical (unpaired) electrons. The summed E-state index contributed by atoms with van der Waals surface area (Å²) in [4.78, 5) is 0. The van der Waals surface area contributed by atoms with E-state index in [1.807, 2.05) is 12.1 Å². The van der Waals surface area contributed by atoms with Gasteiger partial charge in [0.1, 0.15) is 5.75 Å². The van der Waals surface area contributed by atoms with E-state index in [0.29, 0.717) is 5.75 Å². The maximum absolute atomic E-state index is 9.16. The van der Waals surface area contributed by atoms with Crippen molar-refractivity contribution in [1.82, 2.24) is 0 Å². The number of phenolic OH excluding ortho intramolecular Hbond substituents is 1. The minimum Gasteiger partial charge on any atom is -0.508 e. The van der Waals surface area contributed by atoms with Gasteiger partial charge < -0.3 is 5.11 Å². The van der Waals surface area contributed by atoms with Crippen LogP contribution in [0.25, 0.3) is 0 Å². The molecule has 0 aromatic heterocycles. The van der Waals surface area contributed by atoms with Crippen molar-refractivity contribution in [3.63, 3.8) is 0 Å². The topological polar surface area (TPSA) is 20.2 Å². The fourth-order valence-electron chi connectivity index (χ4n) is 2.14. The highest BCUT2D eigenvalue weighted by Crippen LogP contribution is 2.22. The van der Waals surface area contributed by atoms with Crippen LogP contribution in [0.5, 0.6) is 5.75 Å². The summed E-state index contributed by atoms with van der Waals surface area (Å²) >= 11 is 0. The number of phenols is 1. The molecule has 0 aliphatic heterocycles. The van der Waals surface area contributed by atoms with Gasteiger partial charge in [0.2, 0.25) is 0 Å². The molecule has 1 aliphatic carbocycles. The summed E-state index contributed by atoms with van der Waals surface area (Å²) in [6.45, 7) is 0. The Kier molecular flexibility index (Phi) is 3.44. The van der Waals surface area contributed by atoms with E-state index in [0.717, 1.165) is 12.3 Å². The molecule has 0 unspecified atom stereocenters. The molecule has 0 bridgehead atoms. The van der Waals surface area contributed by atoms with E-state index < -0.39 is 0 Å². The highest BCUT2D eigenvalue weighted by atomic mass is 16.3. The number of aryl methyl sites for hydroxylation is 1. The first kappa shape index (κ1) is 10.3. The van der Waals surface area contributed by atoms with Crippen LogP contribution in [0.1, 0.15) is 31.2 Å². The fourth-order valence-corrected chi connectivity index (χ4v) is 2.14. The first-order valence-electron chi connectivity index (χ1n) is 5.79. The Hall–Kier alpha value is -1.24. The minimum atomic E-state index is 0.358. The van der Waals surface area contributed by atoms with Crippen molar-refractivity contribution in [3.05, 3.63) is 42.0 Å². The predicted octanol–water partition coefficient (Wildman–Crippen LogP) is 3.68. The maximum atomic E-state index is 9.16. The van der Waals surface area contributed by atoms with Gasteiger partial charge in [-0.2, -0.15) is 0 Å². The van der Waals surface area contributed by atoms with E-state index in [2.05, 4.69) is 12.2 Å². The third-order valence-electron chi connectivity index (χ3n) is 3.09. The van der Waals surface area contributed by atoms with Crippen molar-refractivity contribution in [1.29, 1.82) is 0 Å². The smallest absolute Gasteiger partial charge is 0.115 e. The van der Waals surface area contributed by atoms with Crippen molar-refractivity contribution >= 4 is 0 Å². The van der Waals surface area contributed by atoms with Gasteiger partial charge in [0, 0.05) is 0 Å². The summed E-state index contributed by atoms with van der Waals surface area (Å²) in [5, 5.41) is 9.16. The molecule has 0 spiro atoms. The van der Waals surface area contributed by atoms with E-state index in [4.69, 9.17) is 5.11 Å². The van der Waals surface area contributed by atoms with Gasteiger partial charge in [-0.15, -0.1) is 0 Å². The lowest BCUT2D eigenvalue weighted by atomic mass is 9.90. The molecule has 1 heteroatoms. The molecule has 0 saturated carbocycles. The minimum absolute atomic E-state index is 0.358. The van der Waals surface area contributed by atoms with Gasteiger partial charge in [-0.1, -0.05) is 24.3 Å². The number of rotatable bonds is 3. The highest BCUT2D eigenvalue weighted by molar-refractivity contribution is 5.25. The molecule has 0 saturated heterocycles. The third kappa shape index (κ3) is 3.12. The molecule has 1 aromatic carbocycles. The van der Waals surface area contributed by atoms with Gasteiger partial charge in [-0.3, -0.25) is 0 Å². The Morgan fingerprint density at radius 3 is 2.67 bits per heavy atom. The van der Waals surface area contributed by atoms with Gasteiger partial charge in [0.05, 0.1) is 0 Å². The second-order valence-electron chi connectivity index (χ2n) is 4.32. The Balaban J connectivity index is 1.84. The number of allylic oxidation sites excluding steroid dienone is 2. The van der Waals surface area contributed by atoms with E-state index in [1.165, 1.54) is 31.2 Å². The summed E-state index contributed by atoms with van der Waals surface area (Å²) in [5.74, 6) is 1.13. The van der Waals surface area contributed by atoms with Crippen molar-refractivity contribution in [2.75, 3.05) is 0 Å². The second kappa shape index (κ2) is 5.01. The molecule has 1 N–H and O–H groups in total. The zero-order chi connectivity index (χ0) is 10.5. The van der Waals surface area contributed by atoms with Gasteiger partial charge >= 0.3 is 0 Å². The zero-order valence-electron chi connectivity index (χ0n) is 9.02. The molecule has 1 aromatic rings. The number of hydrogen-bond donors (Lipinski definition) is 1. The van der Waals surface area contributed by atoms with Crippen molar-refractivity contribution in [2.45, 2.75) is 32.1 Å². The van der Waals surface area contributed by atoms with Crippen molar-refractivity contribution in [3.8, 4) is 5.75 Å². The quantitative estimate of drug-likeness (QED) is 0.741. The Bertz CT molecular complexity index is 324. The van der Waals surface area contributed by atoms with Crippen LogP contribution >= 0.6 is 0 Å². The van der Waals surface area contributed by atoms with E-state index in [1.54, 1.807) is 12.1 Å². The first-order chi connectivity index (χ1) is 7.34. The van der Waals surface area contributed by atoms with Crippen LogP contribution in [0, 0.1) is 5.92 Å². The molecule has 80 valence electrons. The zero-order valence-corrected chi connectivity index (χ0v) is 9.02. The predicted molar refractivity (Wildman–Crippen MR) is 62.9 cm³/mol. The van der Waals surface area contributed by atoms with Crippen LogP contribution in [0.4, 0.5) is 0 Å². The Morgan fingerprint density at radius 1 is 1.20 bits per heavy atom. The third-order valence-corrected chi connectivity index (χ3v) is 3.09. The van der Waals surface area contributed by atoms with Crippen LogP contribution in [0.15, 0.2) is 36.4 Å². The average Bonchev–Trinajstić information content (AvgIpc) is 2.30. The van der Waals surface area contributed by atoms with Gasteiger partial charge in [0.15, 0.2) is 0 Å². The second-order valence-corrected chi connectivity index (χ2v) is 4.32. The number of hydrogen-bond acceptors (Lipinski definition) is 1. The lowest BCUT2D eigenvalue weighted by Gasteiger charge is -2.15. The summed E-state index contributed by atoms with van der Waals surface area (Å²) < 4.78 is 0. The average molecular weight is 202 g/mol.